The minimum Gasteiger partial charge on any atom is -0.342 e. The number of H-pyrrole nitrogens is 1. The third kappa shape index (κ3) is 3.33. The van der Waals surface area contributed by atoms with Crippen LogP contribution in [0.25, 0.3) is 0 Å². The molecule has 0 saturated heterocycles. The van der Waals surface area contributed by atoms with E-state index < -0.39 is 5.91 Å². The number of nitrogens with zero attached hydrogens (tertiary/aromatic N) is 1. The van der Waals surface area contributed by atoms with Crippen molar-refractivity contribution in [2.75, 3.05) is 6.54 Å². The first-order chi connectivity index (χ1) is 9.08. The molecule has 1 aromatic heterocycles. The van der Waals surface area contributed by atoms with Crippen LogP contribution < -0.4 is 5.32 Å². The molecule has 19 heavy (non-hydrogen) atoms. The Kier molecular flexibility index (Phi) is 4.19. The Morgan fingerprint density at radius 2 is 1.89 bits per heavy atom. The fourth-order valence-corrected chi connectivity index (χ4v) is 1.67. The van der Waals surface area contributed by atoms with Crippen molar-refractivity contribution in [3.63, 3.8) is 0 Å². The van der Waals surface area contributed by atoms with Gasteiger partial charge in [0.25, 0.3) is 5.91 Å². The zero-order valence-corrected chi connectivity index (χ0v) is 11.1. The molecule has 1 heterocycles. The maximum absolute atomic E-state index is 11.8. The number of halogens is 2. The molecular formula is C12H9Cl2N3O2. The Labute approximate surface area is 118 Å². The molecule has 0 unspecified atom stereocenters. The Balaban J connectivity index is 1.96. The van der Waals surface area contributed by atoms with Gasteiger partial charge in [-0.25, -0.2) is 4.98 Å². The molecular weight excluding hydrogens is 289 g/mol. The van der Waals surface area contributed by atoms with Crippen molar-refractivity contribution in [1.82, 2.24) is 15.3 Å². The molecule has 2 aromatic rings. The molecule has 1 amide bonds. The van der Waals surface area contributed by atoms with Crippen LogP contribution in [0.5, 0.6) is 0 Å². The Morgan fingerprint density at radius 1 is 1.21 bits per heavy atom. The molecule has 0 aliphatic rings. The third-order valence-electron chi connectivity index (χ3n) is 2.34. The van der Waals surface area contributed by atoms with E-state index in [9.17, 15) is 9.59 Å². The zero-order valence-electron chi connectivity index (χ0n) is 9.61. The lowest BCUT2D eigenvalue weighted by molar-refractivity contribution is 0.0898. The van der Waals surface area contributed by atoms with Crippen molar-refractivity contribution in [2.45, 2.75) is 0 Å². The predicted molar refractivity (Wildman–Crippen MR) is 71.7 cm³/mol. The van der Waals surface area contributed by atoms with Crippen LogP contribution in [0.2, 0.25) is 10.3 Å². The first-order valence-electron chi connectivity index (χ1n) is 5.35. The number of ketones is 1. The highest BCUT2D eigenvalue weighted by Gasteiger charge is 2.14. The van der Waals surface area contributed by atoms with Gasteiger partial charge in [0.05, 0.1) is 6.54 Å². The normalized spacial score (nSPS) is 10.2. The van der Waals surface area contributed by atoms with Gasteiger partial charge in [-0.15, -0.1) is 0 Å². The summed E-state index contributed by atoms with van der Waals surface area (Å²) < 4.78 is 0. The van der Waals surface area contributed by atoms with Gasteiger partial charge in [0.15, 0.2) is 16.8 Å². The van der Waals surface area contributed by atoms with Crippen LogP contribution in [0.3, 0.4) is 0 Å². The van der Waals surface area contributed by atoms with Gasteiger partial charge in [-0.1, -0.05) is 53.5 Å². The van der Waals surface area contributed by atoms with Crippen molar-refractivity contribution in [1.29, 1.82) is 0 Å². The van der Waals surface area contributed by atoms with Crippen LogP contribution in [-0.4, -0.2) is 28.2 Å². The molecule has 0 atom stereocenters. The number of carbonyl (C=O) groups excluding carboxylic acids is 2. The van der Waals surface area contributed by atoms with E-state index in [0.29, 0.717) is 5.56 Å². The number of nitrogens with one attached hydrogen (secondary N) is 2. The van der Waals surface area contributed by atoms with E-state index in [1.54, 1.807) is 24.3 Å². The van der Waals surface area contributed by atoms with Gasteiger partial charge in [0.2, 0.25) is 0 Å². The quantitative estimate of drug-likeness (QED) is 0.851. The summed E-state index contributed by atoms with van der Waals surface area (Å²) in [5.74, 6) is -0.772. The lowest BCUT2D eigenvalue weighted by Crippen LogP contribution is -2.30. The second-order valence-corrected chi connectivity index (χ2v) is 4.40. The lowest BCUT2D eigenvalue weighted by Gasteiger charge is -2.02. The van der Waals surface area contributed by atoms with Gasteiger partial charge >= 0.3 is 0 Å². The second kappa shape index (κ2) is 5.86. The Hall–Kier alpha value is -1.85. The number of hydrogen-bond acceptors (Lipinski definition) is 3. The van der Waals surface area contributed by atoms with Crippen molar-refractivity contribution < 1.29 is 9.59 Å². The van der Waals surface area contributed by atoms with E-state index in [-0.39, 0.29) is 28.5 Å². The number of benzene rings is 1. The van der Waals surface area contributed by atoms with E-state index in [1.165, 1.54) is 0 Å². The maximum Gasteiger partial charge on any atom is 0.287 e. The lowest BCUT2D eigenvalue weighted by atomic mass is 10.1. The van der Waals surface area contributed by atoms with Gasteiger partial charge < -0.3 is 10.3 Å². The Bertz CT molecular complexity index is 591. The molecule has 98 valence electrons. The van der Waals surface area contributed by atoms with Gasteiger partial charge in [0.1, 0.15) is 5.15 Å². The molecule has 7 heteroatoms. The number of rotatable bonds is 4. The van der Waals surface area contributed by atoms with E-state index in [4.69, 9.17) is 23.2 Å². The van der Waals surface area contributed by atoms with E-state index >= 15 is 0 Å². The van der Waals surface area contributed by atoms with Gasteiger partial charge in [-0.3, -0.25) is 9.59 Å². The fourth-order valence-electron chi connectivity index (χ4n) is 1.41. The Morgan fingerprint density at radius 3 is 2.47 bits per heavy atom. The summed E-state index contributed by atoms with van der Waals surface area (Å²) in [6.07, 6.45) is 0. The van der Waals surface area contributed by atoms with Crippen molar-refractivity contribution in [3.05, 3.63) is 52.0 Å². The molecule has 0 fully saturated rings. The number of aromatic amines is 1. The van der Waals surface area contributed by atoms with E-state index in [1.807, 2.05) is 6.07 Å². The number of aromatic nitrogens is 2. The molecule has 0 aliphatic heterocycles. The molecule has 0 spiro atoms. The topological polar surface area (TPSA) is 74.8 Å². The zero-order chi connectivity index (χ0) is 13.8. The van der Waals surface area contributed by atoms with E-state index in [2.05, 4.69) is 15.3 Å². The minimum atomic E-state index is -0.543. The number of imidazole rings is 1. The summed E-state index contributed by atoms with van der Waals surface area (Å²) >= 11 is 11.2. The van der Waals surface area contributed by atoms with Crippen LogP contribution in [0.15, 0.2) is 30.3 Å². The summed E-state index contributed by atoms with van der Waals surface area (Å²) in [5, 5.41) is 2.54. The highest BCUT2D eigenvalue weighted by molar-refractivity contribution is 6.40. The van der Waals surface area contributed by atoms with Crippen LogP contribution in [0, 0.1) is 0 Å². The first kappa shape index (κ1) is 13.6. The van der Waals surface area contributed by atoms with Crippen molar-refractivity contribution >= 4 is 34.9 Å². The molecule has 1 aromatic carbocycles. The van der Waals surface area contributed by atoms with Gasteiger partial charge in [-0.2, -0.15) is 0 Å². The van der Waals surface area contributed by atoms with Crippen LogP contribution in [0.4, 0.5) is 0 Å². The highest BCUT2D eigenvalue weighted by atomic mass is 35.5. The summed E-state index contributed by atoms with van der Waals surface area (Å²) in [4.78, 5) is 29.6. The smallest absolute Gasteiger partial charge is 0.287 e. The minimum absolute atomic E-state index is 0.0150. The summed E-state index contributed by atoms with van der Waals surface area (Å²) in [6, 6.07) is 8.66. The summed E-state index contributed by atoms with van der Waals surface area (Å²) in [7, 11) is 0. The number of carbonyl (C=O) groups is 2. The fraction of sp³-hybridized carbons (Fsp3) is 0.0833. The predicted octanol–water partition coefficient (Wildman–Crippen LogP) is 2.33. The average Bonchev–Trinajstić information content (AvgIpc) is 2.77. The van der Waals surface area contributed by atoms with Crippen molar-refractivity contribution in [3.8, 4) is 0 Å². The van der Waals surface area contributed by atoms with Gasteiger partial charge in [-0.05, 0) is 0 Å². The summed E-state index contributed by atoms with van der Waals surface area (Å²) in [6.45, 7) is -0.126. The molecule has 5 nitrogen and oxygen atoms in total. The standard InChI is InChI=1S/C12H9Cl2N3O2/c13-9-10(14)17-11(16-9)12(19)15-6-8(18)7-4-2-1-3-5-7/h1-5H,6H2,(H,15,19)(H,16,17). The number of Topliss-reactive ketones (excluding diaryl/α,β-unsaturated/α-hetero) is 1. The van der Waals surface area contributed by atoms with Crippen LogP contribution in [0.1, 0.15) is 21.0 Å². The molecule has 0 radical (unpaired) electrons. The first-order valence-corrected chi connectivity index (χ1v) is 6.11. The SMILES string of the molecule is O=C(CNC(=O)c1nc(Cl)c(Cl)[nH]1)c1ccccc1. The van der Waals surface area contributed by atoms with Gasteiger partial charge in [0, 0.05) is 5.56 Å². The molecule has 0 saturated carbocycles. The molecule has 2 rings (SSSR count). The molecule has 0 aliphatic carbocycles. The second-order valence-electron chi connectivity index (χ2n) is 3.66. The number of hydrogen-bond donors (Lipinski definition) is 2. The average molecular weight is 298 g/mol. The van der Waals surface area contributed by atoms with Crippen LogP contribution in [-0.2, 0) is 0 Å². The molecule has 0 bridgehead atoms. The van der Waals surface area contributed by atoms with Crippen molar-refractivity contribution in [2.24, 2.45) is 0 Å². The van der Waals surface area contributed by atoms with E-state index in [0.717, 1.165) is 0 Å². The summed E-state index contributed by atoms with van der Waals surface area (Å²) in [5.41, 5.74) is 0.526. The monoisotopic (exact) mass is 297 g/mol. The van der Waals surface area contributed by atoms with Crippen LogP contribution >= 0.6 is 23.2 Å². The largest absolute Gasteiger partial charge is 0.342 e. The molecule has 2 N–H and O–H groups in total. The maximum atomic E-state index is 11.8. The third-order valence-corrected chi connectivity index (χ3v) is 2.98. The highest BCUT2D eigenvalue weighted by Crippen LogP contribution is 2.17. The number of amides is 1.